The van der Waals surface area contributed by atoms with Gasteiger partial charge >= 0.3 is 0 Å². The second-order valence-electron chi connectivity index (χ2n) is 4.54. The number of hydrogen-bond donors (Lipinski definition) is 2. The molecule has 1 aliphatic rings. The molecule has 1 aliphatic heterocycles. The number of benzene rings is 1. The molecule has 0 aromatic heterocycles. The van der Waals surface area contributed by atoms with Crippen molar-refractivity contribution in [3.05, 3.63) is 28.2 Å². The minimum absolute atomic E-state index is 0.0166. The molecule has 1 saturated heterocycles. The van der Waals surface area contributed by atoms with Crippen molar-refractivity contribution in [2.24, 2.45) is 10.8 Å². The molecule has 8 heteroatoms. The predicted molar refractivity (Wildman–Crippen MR) is 90.1 cm³/mol. The standard InChI is InChI=1S/C13H14Cl2N4OS/c14-8-4-3-5-9(10(8)15)17-18-11(12(16)21)13(20)19-6-1-2-7-19/h3-5,17H,1-2,6-7H2,(H2,16,21). The molecule has 112 valence electrons. The molecule has 5 nitrogen and oxygen atoms in total. The van der Waals surface area contributed by atoms with Gasteiger partial charge in [-0.3, -0.25) is 10.2 Å². The highest BCUT2D eigenvalue weighted by Gasteiger charge is 2.24. The Hall–Kier alpha value is -1.37. The van der Waals surface area contributed by atoms with Gasteiger partial charge in [0.25, 0.3) is 5.91 Å². The number of nitrogens with zero attached hydrogens (tertiary/aromatic N) is 2. The highest BCUT2D eigenvalue weighted by atomic mass is 35.5. The first-order chi connectivity index (χ1) is 10.0. The van der Waals surface area contributed by atoms with Crippen molar-refractivity contribution in [1.29, 1.82) is 0 Å². The summed E-state index contributed by atoms with van der Waals surface area (Å²) < 4.78 is 0. The molecule has 1 heterocycles. The Balaban J connectivity index is 2.20. The van der Waals surface area contributed by atoms with Gasteiger partial charge < -0.3 is 10.6 Å². The summed E-state index contributed by atoms with van der Waals surface area (Å²) in [5.74, 6) is -0.273. The summed E-state index contributed by atoms with van der Waals surface area (Å²) in [6.07, 6.45) is 1.95. The molecule has 0 saturated carbocycles. The maximum absolute atomic E-state index is 12.3. The normalized spacial score (nSPS) is 15.1. The number of carbonyl (C=O) groups excluding carboxylic acids is 1. The van der Waals surface area contributed by atoms with Crippen LogP contribution in [0.3, 0.4) is 0 Å². The Morgan fingerprint density at radius 2 is 2.00 bits per heavy atom. The minimum atomic E-state index is -0.273. The number of halogens is 2. The molecule has 1 aromatic carbocycles. The van der Waals surface area contributed by atoms with Gasteiger partial charge in [-0.2, -0.15) is 5.10 Å². The number of likely N-dealkylation sites (tertiary alicyclic amines) is 1. The SMILES string of the molecule is NC(=S)C(=NNc1cccc(Cl)c1Cl)C(=O)N1CCCC1. The fraction of sp³-hybridized carbons (Fsp3) is 0.308. The average molecular weight is 345 g/mol. The fourth-order valence-electron chi connectivity index (χ4n) is 1.98. The van der Waals surface area contributed by atoms with Gasteiger partial charge in [-0.15, -0.1) is 0 Å². The van der Waals surface area contributed by atoms with E-state index in [2.05, 4.69) is 10.5 Å². The Kier molecular flexibility index (Phi) is 5.39. The van der Waals surface area contributed by atoms with Gasteiger partial charge in [0.1, 0.15) is 4.99 Å². The first kappa shape index (κ1) is 16.0. The third kappa shape index (κ3) is 3.84. The topological polar surface area (TPSA) is 70.7 Å². The van der Waals surface area contributed by atoms with Crippen molar-refractivity contribution in [3.63, 3.8) is 0 Å². The van der Waals surface area contributed by atoms with Crippen LogP contribution in [0.4, 0.5) is 5.69 Å². The van der Waals surface area contributed by atoms with Crippen molar-refractivity contribution in [2.45, 2.75) is 12.8 Å². The summed E-state index contributed by atoms with van der Waals surface area (Å²) in [6, 6.07) is 5.06. The van der Waals surface area contributed by atoms with Crippen LogP contribution in [0.1, 0.15) is 12.8 Å². The highest BCUT2D eigenvalue weighted by molar-refractivity contribution is 7.82. The molecule has 0 radical (unpaired) electrons. The van der Waals surface area contributed by atoms with Crippen LogP contribution in [0.25, 0.3) is 0 Å². The number of nitrogens with one attached hydrogen (secondary N) is 1. The van der Waals surface area contributed by atoms with Crippen LogP contribution in [0.5, 0.6) is 0 Å². The Labute approximate surface area is 138 Å². The summed E-state index contributed by atoms with van der Waals surface area (Å²) in [5.41, 5.74) is 8.78. The molecule has 0 aliphatic carbocycles. The number of thiocarbonyl (C=S) groups is 1. The maximum Gasteiger partial charge on any atom is 0.277 e. The van der Waals surface area contributed by atoms with Crippen molar-refractivity contribution in [1.82, 2.24) is 4.90 Å². The molecule has 0 atom stereocenters. The van der Waals surface area contributed by atoms with E-state index in [-0.39, 0.29) is 16.6 Å². The number of hydrazone groups is 1. The van der Waals surface area contributed by atoms with Gasteiger partial charge in [-0.05, 0) is 25.0 Å². The van der Waals surface area contributed by atoms with Crippen LogP contribution in [0.15, 0.2) is 23.3 Å². The van der Waals surface area contributed by atoms with E-state index in [0.29, 0.717) is 28.8 Å². The molecule has 1 fully saturated rings. The molecule has 0 spiro atoms. The lowest BCUT2D eigenvalue weighted by Crippen LogP contribution is -2.40. The molecular weight excluding hydrogens is 331 g/mol. The fourth-order valence-corrected chi connectivity index (χ4v) is 2.46. The van der Waals surface area contributed by atoms with Crippen molar-refractivity contribution in [2.75, 3.05) is 18.5 Å². The monoisotopic (exact) mass is 344 g/mol. The summed E-state index contributed by atoms with van der Waals surface area (Å²) in [7, 11) is 0. The Bertz CT molecular complexity index is 600. The molecule has 1 amide bonds. The van der Waals surface area contributed by atoms with Crippen LogP contribution in [-0.4, -0.2) is 34.6 Å². The number of rotatable bonds is 4. The van der Waals surface area contributed by atoms with E-state index in [0.717, 1.165) is 12.8 Å². The second-order valence-corrected chi connectivity index (χ2v) is 5.76. The largest absolute Gasteiger partial charge is 0.388 e. The van der Waals surface area contributed by atoms with E-state index in [1.54, 1.807) is 23.1 Å². The molecule has 1 aromatic rings. The molecule has 21 heavy (non-hydrogen) atoms. The summed E-state index contributed by atoms with van der Waals surface area (Å²) in [6.45, 7) is 1.39. The molecule has 0 bridgehead atoms. The van der Waals surface area contributed by atoms with E-state index in [1.807, 2.05) is 0 Å². The zero-order valence-corrected chi connectivity index (χ0v) is 13.4. The van der Waals surface area contributed by atoms with Gasteiger partial charge in [-0.25, -0.2) is 0 Å². The smallest absolute Gasteiger partial charge is 0.277 e. The van der Waals surface area contributed by atoms with Gasteiger partial charge in [-0.1, -0.05) is 41.5 Å². The lowest BCUT2D eigenvalue weighted by molar-refractivity contribution is -0.122. The zero-order chi connectivity index (χ0) is 15.4. The van der Waals surface area contributed by atoms with E-state index >= 15 is 0 Å². The van der Waals surface area contributed by atoms with Gasteiger partial charge in [0.2, 0.25) is 0 Å². The molecular formula is C13H14Cl2N4OS. The van der Waals surface area contributed by atoms with Crippen LogP contribution in [0, 0.1) is 0 Å². The van der Waals surface area contributed by atoms with Crippen LogP contribution >= 0.6 is 35.4 Å². The van der Waals surface area contributed by atoms with E-state index < -0.39 is 0 Å². The summed E-state index contributed by atoms with van der Waals surface area (Å²) in [5, 5.41) is 4.71. The third-order valence-corrected chi connectivity index (χ3v) is 4.08. The highest BCUT2D eigenvalue weighted by Crippen LogP contribution is 2.29. The molecule has 0 unspecified atom stereocenters. The lowest BCUT2D eigenvalue weighted by atomic mass is 10.3. The van der Waals surface area contributed by atoms with Crippen LogP contribution in [0.2, 0.25) is 10.0 Å². The number of hydrogen-bond acceptors (Lipinski definition) is 4. The summed E-state index contributed by atoms with van der Waals surface area (Å²) >= 11 is 16.9. The van der Waals surface area contributed by atoms with Gasteiger partial charge in [0, 0.05) is 13.1 Å². The molecule has 3 N–H and O–H groups in total. The number of anilines is 1. The lowest BCUT2D eigenvalue weighted by Gasteiger charge is -2.16. The van der Waals surface area contributed by atoms with E-state index in [4.69, 9.17) is 41.2 Å². The Morgan fingerprint density at radius 1 is 1.33 bits per heavy atom. The first-order valence-corrected chi connectivity index (χ1v) is 7.54. The summed E-state index contributed by atoms with van der Waals surface area (Å²) in [4.78, 5) is 13.9. The number of amides is 1. The van der Waals surface area contributed by atoms with Gasteiger partial charge in [0.15, 0.2) is 5.71 Å². The Morgan fingerprint density at radius 3 is 2.62 bits per heavy atom. The van der Waals surface area contributed by atoms with Crippen molar-refractivity contribution < 1.29 is 4.79 Å². The third-order valence-electron chi connectivity index (χ3n) is 3.07. The first-order valence-electron chi connectivity index (χ1n) is 6.37. The predicted octanol–water partition coefficient (Wildman–Crippen LogP) is 2.67. The van der Waals surface area contributed by atoms with Crippen molar-refractivity contribution >= 4 is 57.7 Å². The maximum atomic E-state index is 12.3. The number of carbonyl (C=O) groups is 1. The van der Waals surface area contributed by atoms with E-state index in [1.165, 1.54) is 0 Å². The molecule has 2 rings (SSSR count). The van der Waals surface area contributed by atoms with Gasteiger partial charge in [0.05, 0.1) is 15.7 Å². The second kappa shape index (κ2) is 7.06. The number of nitrogens with two attached hydrogens (primary N) is 1. The van der Waals surface area contributed by atoms with E-state index in [9.17, 15) is 4.79 Å². The van der Waals surface area contributed by atoms with Crippen molar-refractivity contribution in [3.8, 4) is 0 Å². The van der Waals surface area contributed by atoms with Crippen LogP contribution < -0.4 is 11.2 Å². The minimum Gasteiger partial charge on any atom is -0.388 e. The average Bonchev–Trinajstić information content (AvgIpc) is 2.97. The quantitative estimate of drug-likeness (QED) is 0.500. The zero-order valence-electron chi connectivity index (χ0n) is 11.1. The van der Waals surface area contributed by atoms with Crippen LogP contribution in [-0.2, 0) is 4.79 Å².